The summed E-state index contributed by atoms with van der Waals surface area (Å²) in [6.07, 6.45) is -2.37. The Bertz CT molecular complexity index is 434. The van der Waals surface area contributed by atoms with Gasteiger partial charge in [-0.25, -0.2) is 4.98 Å². The number of nitrogens with zero attached hydrogens (tertiary/aromatic N) is 2. The highest BCUT2D eigenvalue weighted by molar-refractivity contribution is 5.47. The number of nitrogens with one attached hydrogen (secondary N) is 1. The number of alkyl halides is 3. The largest absolute Gasteiger partial charge is 0.393 e. The molecule has 0 amide bonds. The van der Waals surface area contributed by atoms with Crippen molar-refractivity contribution in [3.05, 3.63) is 18.2 Å². The first-order chi connectivity index (χ1) is 9.50. The van der Waals surface area contributed by atoms with Crippen LogP contribution in [-0.4, -0.2) is 30.8 Å². The zero-order chi connectivity index (χ0) is 14.6. The van der Waals surface area contributed by atoms with Gasteiger partial charge in [-0.2, -0.15) is 13.2 Å². The molecule has 0 radical (unpaired) electrons. The topological polar surface area (TPSA) is 28.2 Å². The van der Waals surface area contributed by atoms with Crippen LogP contribution in [0.25, 0.3) is 0 Å². The second-order valence-corrected chi connectivity index (χ2v) is 5.13. The Morgan fingerprint density at radius 3 is 2.90 bits per heavy atom. The molecule has 0 bridgehead atoms. The molecule has 0 aliphatic carbocycles. The molecule has 1 saturated heterocycles. The average Bonchev–Trinajstić information content (AvgIpc) is 2.45. The highest BCUT2D eigenvalue weighted by Crippen LogP contribution is 2.34. The molecule has 112 valence electrons. The summed E-state index contributed by atoms with van der Waals surface area (Å²) < 4.78 is 38.5. The molecule has 1 unspecified atom stereocenters. The van der Waals surface area contributed by atoms with Gasteiger partial charge < -0.3 is 10.2 Å². The van der Waals surface area contributed by atoms with E-state index in [0.717, 1.165) is 18.8 Å². The minimum absolute atomic E-state index is 0.00767. The number of halogens is 3. The van der Waals surface area contributed by atoms with Gasteiger partial charge in [0.2, 0.25) is 0 Å². The number of hydrogen-bond donors (Lipinski definition) is 1. The van der Waals surface area contributed by atoms with Gasteiger partial charge in [-0.15, -0.1) is 0 Å². The number of pyridine rings is 1. The van der Waals surface area contributed by atoms with E-state index >= 15 is 0 Å². The molecular weight excluding hydrogens is 267 g/mol. The molecule has 1 aromatic rings. The second-order valence-electron chi connectivity index (χ2n) is 5.13. The van der Waals surface area contributed by atoms with Crippen LogP contribution < -0.4 is 10.2 Å². The van der Waals surface area contributed by atoms with Crippen molar-refractivity contribution in [2.75, 3.05) is 29.9 Å². The highest BCUT2D eigenvalue weighted by atomic mass is 19.4. The molecule has 0 spiro atoms. The lowest BCUT2D eigenvalue weighted by Gasteiger charge is -2.34. The first kappa shape index (κ1) is 14.9. The van der Waals surface area contributed by atoms with Gasteiger partial charge in [-0.3, -0.25) is 0 Å². The molecule has 0 saturated carbocycles. The van der Waals surface area contributed by atoms with Crippen LogP contribution in [0.15, 0.2) is 18.2 Å². The van der Waals surface area contributed by atoms with Crippen LogP contribution in [0.5, 0.6) is 0 Å². The van der Waals surface area contributed by atoms with Gasteiger partial charge in [0.25, 0.3) is 0 Å². The summed E-state index contributed by atoms with van der Waals surface area (Å²) in [7, 11) is 0. The number of hydrogen-bond acceptors (Lipinski definition) is 3. The predicted octanol–water partition coefficient (Wildman–Crippen LogP) is 3.68. The van der Waals surface area contributed by atoms with Gasteiger partial charge in [0, 0.05) is 19.6 Å². The SMILES string of the molecule is CCCNc1cccc(N2CCCC(C(F)(F)F)C2)n1. The Hall–Kier alpha value is -1.46. The Kier molecular flexibility index (Phi) is 4.73. The van der Waals surface area contributed by atoms with Crippen LogP contribution in [0.1, 0.15) is 26.2 Å². The number of aromatic nitrogens is 1. The van der Waals surface area contributed by atoms with E-state index in [1.165, 1.54) is 0 Å². The van der Waals surface area contributed by atoms with Crippen molar-refractivity contribution in [1.29, 1.82) is 0 Å². The molecule has 0 aromatic carbocycles. The molecule has 1 aromatic heterocycles. The second kappa shape index (κ2) is 6.33. The third-order valence-corrected chi connectivity index (χ3v) is 3.50. The van der Waals surface area contributed by atoms with Gasteiger partial charge in [-0.1, -0.05) is 13.0 Å². The minimum Gasteiger partial charge on any atom is -0.370 e. The summed E-state index contributed by atoms with van der Waals surface area (Å²) >= 11 is 0. The number of piperidine rings is 1. The molecule has 1 atom stereocenters. The first-order valence-electron chi connectivity index (χ1n) is 7.03. The van der Waals surface area contributed by atoms with E-state index < -0.39 is 12.1 Å². The van der Waals surface area contributed by atoms with Gasteiger partial charge in [0.15, 0.2) is 0 Å². The smallest absolute Gasteiger partial charge is 0.370 e. The lowest BCUT2D eigenvalue weighted by Crippen LogP contribution is -2.42. The summed E-state index contributed by atoms with van der Waals surface area (Å²) in [6, 6.07) is 5.44. The van der Waals surface area contributed by atoms with Crippen LogP contribution >= 0.6 is 0 Å². The lowest BCUT2D eigenvalue weighted by molar-refractivity contribution is -0.176. The highest BCUT2D eigenvalue weighted by Gasteiger charge is 2.42. The van der Waals surface area contributed by atoms with Crippen molar-refractivity contribution in [2.45, 2.75) is 32.4 Å². The summed E-state index contributed by atoms with van der Waals surface area (Å²) in [4.78, 5) is 6.13. The molecule has 1 N–H and O–H groups in total. The molecular formula is C14H20F3N3. The molecule has 1 aliphatic rings. The van der Waals surface area contributed by atoms with Crippen LogP contribution in [-0.2, 0) is 0 Å². The van der Waals surface area contributed by atoms with E-state index in [0.29, 0.717) is 18.8 Å². The monoisotopic (exact) mass is 287 g/mol. The molecule has 2 heterocycles. The average molecular weight is 287 g/mol. The Morgan fingerprint density at radius 1 is 1.40 bits per heavy atom. The Labute approximate surface area is 117 Å². The van der Waals surface area contributed by atoms with Gasteiger partial charge in [0.05, 0.1) is 5.92 Å². The van der Waals surface area contributed by atoms with E-state index in [2.05, 4.69) is 17.2 Å². The standard InChI is InChI=1S/C14H20F3N3/c1-2-8-18-12-6-3-7-13(19-12)20-9-4-5-11(10-20)14(15,16)17/h3,6-7,11H,2,4-5,8-10H2,1H3,(H,18,19). The molecule has 3 nitrogen and oxygen atoms in total. The normalized spacial score (nSPS) is 20.0. The molecule has 1 fully saturated rings. The van der Waals surface area contributed by atoms with E-state index in [1.807, 2.05) is 12.1 Å². The maximum atomic E-state index is 12.8. The fourth-order valence-corrected chi connectivity index (χ4v) is 2.40. The number of anilines is 2. The third-order valence-electron chi connectivity index (χ3n) is 3.50. The number of rotatable bonds is 4. The Balaban J connectivity index is 2.07. The maximum absolute atomic E-state index is 12.8. The predicted molar refractivity (Wildman–Crippen MR) is 74.0 cm³/mol. The zero-order valence-corrected chi connectivity index (χ0v) is 11.6. The maximum Gasteiger partial charge on any atom is 0.393 e. The van der Waals surface area contributed by atoms with Gasteiger partial charge in [-0.05, 0) is 31.4 Å². The van der Waals surface area contributed by atoms with Crippen LogP contribution in [0.4, 0.5) is 24.8 Å². The van der Waals surface area contributed by atoms with Crippen LogP contribution in [0.3, 0.4) is 0 Å². The van der Waals surface area contributed by atoms with Crippen molar-refractivity contribution in [3.8, 4) is 0 Å². The molecule has 20 heavy (non-hydrogen) atoms. The van der Waals surface area contributed by atoms with E-state index in [-0.39, 0.29) is 13.0 Å². The molecule has 1 aliphatic heterocycles. The van der Waals surface area contributed by atoms with Crippen molar-refractivity contribution in [1.82, 2.24) is 4.98 Å². The zero-order valence-electron chi connectivity index (χ0n) is 11.6. The minimum atomic E-state index is -4.11. The van der Waals surface area contributed by atoms with Gasteiger partial charge in [0.1, 0.15) is 11.6 Å². The molecule has 2 rings (SSSR count). The van der Waals surface area contributed by atoms with Crippen molar-refractivity contribution >= 4 is 11.6 Å². The Morgan fingerprint density at radius 2 is 2.20 bits per heavy atom. The van der Waals surface area contributed by atoms with E-state index in [4.69, 9.17) is 0 Å². The lowest BCUT2D eigenvalue weighted by atomic mass is 9.97. The third kappa shape index (κ3) is 3.77. The summed E-state index contributed by atoms with van der Waals surface area (Å²) in [6.45, 7) is 3.50. The van der Waals surface area contributed by atoms with Crippen molar-refractivity contribution < 1.29 is 13.2 Å². The van der Waals surface area contributed by atoms with Crippen molar-refractivity contribution in [2.24, 2.45) is 5.92 Å². The fraction of sp³-hybridized carbons (Fsp3) is 0.643. The summed E-state index contributed by atoms with van der Waals surface area (Å²) in [5.74, 6) is 0.101. The summed E-state index contributed by atoms with van der Waals surface area (Å²) in [5.41, 5.74) is 0. The molecule has 6 heteroatoms. The first-order valence-corrected chi connectivity index (χ1v) is 7.03. The van der Waals surface area contributed by atoms with Crippen LogP contribution in [0.2, 0.25) is 0 Å². The van der Waals surface area contributed by atoms with Gasteiger partial charge >= 0.3 is 6.18 Å². The van der Waals surface area contributed by atoms with Crippen molar-refractivity contribution in [3.63, 3.8) is 0 Å². The van der Waals surface area contributed by atoms with E-state index in [1.54, 1.807) is 11.0 Å². The van der Waals surface area contributed by atoms with E-state index in [9.17, 15) is 13.2 Å². The fourth-order valence-electron chi connectivity index (χ4n) is 2.40. The van der Waals surface area contributed by atoms with Crippen LogP contribution in [0, 0.1) is 5.92 Å². The summed E-state index contributed by atoms with van der Waals surface area (Å²) in [5, 5.41) is 3.16. The quantitative estimate of drug-likeness (QED) is 0.915.